The predicted octanol–water partition coefficient (Wildman–Crippen LogP) is 4.58. The van der Waals surface area contributed by atoms with Gasteiger partial charge in [-0.3, -0.25) is 4.79 Å². The molecule has 0 aromatic heterocycles. The minimum absolute atomic E-state index is 0.0900. The van der Waals surface area contributed by atoms with Crippen LogP contribution in [0.3, 0.4) is 0 Å². The van der Waals surface area contributed by atoms with Crippen LogP contribution in [0.15, 0.2) is 64.3 Å². The Hall–Kier alpha value is -2.79. The van der Waals surface area contributed by atoms with Gasteiger partial charge in [0.25, 0.3) is 0 Å². The van der Waals surface area contributed by atoms with Crippen LogP contribution in [0.2, 0.25) is 0 Å². The van der Waals surface area contributed by atoms with Crippen molar-refractivity contribution in [1.82, 2.24) is 10.2 Å². The summed E-state index contributed by atoms with van der Waals surface area (Å²) in [6, 6.07) is 7.31. The van der Waals surface area contributed by atoms with Gasteiger partial charge >= 0.3 is 0 Å². The van der Waals surface area contributed by atoms with Crippen LogP contribution in [0, 0.1) is 12.8 Å². The van der Waals surface area contributed by atoms with Gasteiger partial charge in [-0.1, -0.05) is 12.6 Å². The molecule has 1 atom stereocenters. The van der Waals surface area contributed by atoms with Crippen LogP contribution in [0.1, 0.15) is 49.7 Å². The normalized spacial score (nSPS) is 25.7. The van der Waals surface area contributed by atoms with Gasteiger partial charge in [0.15, 0.2) is 0 Å². The molecule has 3 aliphatic heterocycles. The number of rotatable bonds is 4. The molecule has 1 saturated carbocycles. The molecule has 5 nitrogen and oxygen atoms in total. The second-order valence-electron chi connectivity index (χ2n) is 9.25. The summed E-state index contributed by atoms with van der Waals surface area (Å²) in [5, 5.41) is 2.78. The molecule has 0 bridgehead atoms. The topological polar surface area (TPSA) is 57.1 Å². The molecule has 1 unspecified atom stereocenters. The Morgan fingerprint density at radius 3 is 2.68 bits per heavy atom. The van der Waals surface area contributed by atoms with E-state index in [0.717, 1.165) is 28.6 Å². The van der Waals surface area contributed by atoms with E-state index in [-0.39, 0.29) is 5.91 Å². The number of aryl methyl sites for hydroxylation is 1. The molecule has 1 aromatic rings. The third kappa shape index (κ3) is 4.07. The second kappa shape index (κ2) is 8.04. The fourth-order valence-electron chi connectivity index (χ4n) is 4.97. The second-order valence-corrected chi connectivity index (χ2v) is 9.25. The highest BCUT2D eigenvalue weighted by Crippen LogP contribution is 2.36. The number of hydrogen-bond acceptors (Lipinski definition) is 3. The molecule has 31 heavy (non-hydrogen) atoms. The van der Waals surface area contributed by atoms with Gasteiger partial charge in [0.2, 0.25) is 5.91 Å². The van der Waals surface area contributed by atoms with E-state index in [1.165, 1.54) is 49.9 Å². The van der Waals surface area contributed by atoms with Crippen molar-refractivity contribution in [3.8, 4) is 0 Å². The van der Waals surface area contributed by atoms with Crippen molar-refractivity contribution in [2.24, 2.45) is 15.9 Å². The summed E-state index contributed by atoms with van der Waals surface area (Å²) in [7, 11) is 0. The summed E-state index contributed by atoms with van der Waals surface area (Å²) < 4.78 is 0. The number of piperidine rings is 1. The number of carbonyl (C=O) groups is 1. The zero-order valence-corrected chi connectivity index (χ0v) is 18.4. The minimum atomic E-state index is -0.472. The van der Waals surface area contributed by atoms with E-state index in [4.69, 9.17) is 4.99 Å². The summed E-state index contributed by atoms with van der Waals surface area (Å²) in [6.07, 6.45) is 10.8. The molecule has 1 amide bonds. The maximum atomic E-state index is 12.5. The third-order valence-electron chi connectivity index (χ3n) is 6.86. The van der Waals surface area contributed by atoms with E-state index in [2.05, 4.69) is 46.9 Å². The predicted molar refractivity (Wildman–Crippen MR) is 126 cm³/mol. The largest absolute Gasteiger partial charge is 0.332 e. The molecule has 1 N–H and O–H groups in total. The lowest BCUT2D eigenvalue weighted by atomic mass is 9.86. The number of dihydropyridines is 1. The van der Waals surface area contributed by atoms with Gasteiger partial charge in [0, 0.05) is 12.2 Å². The van der Waals surface area contributed by atoms with E-state index >= 15 is 0 Å². The Labute approximate surface area is 184 Å². The van der Waals surface area contributed by atoms with Crippen molar-refractivity contribution in [1.29, 1.82) is 0 Å². The number of amides is 1. The summed E-state index contributed by atoms with van der Waals surface area (Å²) in [5.74, 6) is 0.595. The standard InChI is InChI=1S/C26H30N4O/c1-16(2)23-15-19-8-11-27-26(31)24(19)25(29-23)28-20-4-7-22(17(3)14-20)18-9-12-30(13-10-18)21-5-6-21/h4,7-8,11,14-15,18,21,24H,1,5-6,9-10,12-13H2,2-3H3,(H,27,31). The number of hydrogen-bond donors (Lipinski definition) is 1. The number of allylic oxidation sites excluding steroid dienone is 3. The summed E-state index contributed by atoms with van der Waals surface area (Å²) in [4.78, 5) is 24.7. The van der Waals surface area contributed by atoms with E-state index in [0.29, 0.717) is 11.8 Å². The van der Waals surface area contributed by atoms with Gasteiger partial charge in [0.05, 0.1) is 11.4 Å². The highest BCUT2D eigenvalue weighted by atomic mass is 16.1. The first kappa shape index (κ1) is 20.1. The van der Waals surface area contributed by atoms with Gasteiger partial charge in [-0.2, -0.15) is 0 Å². The zero-order chi connectivity index (χ0) is 21.5. The van der Waals surface area contributed by atoms with Crippen LogP contribution < -0.4 is 5.32 Å². The molecule has 1 saturated heterocycles. The summed E-state index contributed by atoms with van der Waals surface area (Å²) >= 11 is 0. The molecule has 5 rings (SSSR count). The van der Waals surface area contributed by atoms with Crippen LogP contribution in [0.25, 0.3) is 0 Å². The third-order valence-corrected chi connectivity index (χ3v) is 6.86. The van der Waals surface area contributed by atoms with Gasteiger partial charge in [-0.05, 0) is 105 Å². The highest BCUT2D eigenvalue weighted by Gasteiger charge is 2.34. The van der Waals surface area contributed by atoms with Crippen molar-refractivity contribution in [3.63, 3.8) is 0 Å². The molecule has 160 valence electrons. The monoisotopic (exact) mass is 414 g/mol. The van der Waals surface area contributed by atoms with Crippen molar-refractivity contribution in [2.45, 2.75) is 51.5 Å². The maximum Gasteiger partial charge on any atom is 0.239 e. The Kier molecular flexibility index (Phi) is 5.22. The molecule has 0 radical (unpaired) electrons. The number of likely N-dealkylation sites (tertiary alicyclic amines) is 1. The van der Waals surface area contributed by atoms with E-state index in [9.17, 15) is 4.79 Å². The molecule has 3 heterocycles. The van der Waals surface area contributed by atoms with Gasteiger partial charge in [-0.25, -0.2) is 9.98 Å². The average molecular weight is 415 g/mol. The SMILES string of the molecule is C=C(C)C1=NC(=Nc2ccc(C3CCN(C4CC4)CC3)c(C)c2)C2C(=O)NC=CC2=C1. The number of nitrogens with one attached hydrogen (secondary N) is 1. The van der Waals surface area contributed by atoms with Gasteiger partial charge in [-0.15, -0.1) is 0 Å². The smallest absolute Gasteiger partial charge is 0.239 e. The molecule has 5 heteroatoms. The summed E-state index contributed by atoms with van der Waals surface area (Å²) in [6.45, 7) is 10.6. The summed E-state index contributed by atoms with van der Waals surface area (Å²) in [5.41, 5.74) is 6.11. The van der Waals surface area contributed by atoms with Crippen LogP contribution in [0.5, 0.6) is 0 Å². The molecule has 1 aliphatic carbocycles. The fraction of sp³-hybridized carbons (Fsp3) is 0.423. The van der Waals surface area contributed by atoms with Gasteiger partial charge < -0.3 is 10.2 Å². The van der Waals surface area contributed by atoms with E-state index < -0.39 is 5.92 Å². The number of carbonyl (C=O) groups excluding carboxylic acids is 1. The maximum absolute atomic E-state index is 12.5. The van der Waals surface area contributed by atoms with E-state index in [1.54, 1.807) is 6.20 Å². The molecular weight excluding hydrogens is 384 g/mol. The Bertz CT molecular complexity index is 1050. The first-order chi connectivity index (χ1) is 15.0. The molecule has 0 spiro atoms. The first-order valence-corrected chi connectivity index (χ1v) is 11.4. The number of aliphatic imine (C=N–C) groups is 2. The number of fused-ring (bicyclic) bond motifs is 1. The lowest BCUT2D eigenvalue weighted by Gasteiger charge is -2.33. The number of amidine groups is 1. The minimum Gasteiger partial charge on any atom is -0.332 e. The fourth-order valence-corrected chi connectivity index (χ4v) is 4.97. The molecule has 1 aromatic carbocycles. The lowest BCUT2D eigenvalue weighted by molar-refractivity contribution is -0.121. The van der Waals surface area contributed by atoms with Crippen LogP contribution >= 0.6 is 0 Å². The lowest BCUT2D eigenvalue weighted by Crippen LogP contribution is -2.38. The average Bonchev–Trinajstić information content (AvgIpc) is 3.59. The Balaban J connectivity index is 1.40. The first-order valence-electron chi connectivity index (χ1n) is 11.4. The van der Waals surface area contributed by atoms with E-state index in [1.807, 2.05) is 19.1 Å². The van der Waals surface area contributed by atoms with Crippen LogP contribution in [-0.4, -0.2) is 41.5 Å². The molecule has 4 aliphatic rings. The molecular formula is C26H30N4O. The van der Waals surface area contributed by atoms with Crippen LogP contribution in [-0.2, 0) is 4.79 Å². The quantitative estimate of drug-likeness (QED) is 0.784. The molecule has 2 fully saturated rings. The number of nitrogens with zero attached hydrogens (tertiary/aromatic N) is 3. The Morgan fingerprint density at radius 2 is 2.00 bits per heavy atom. The van der Waals surface area contributed by atoms with Crippen molar-refractivity contribution >= 4 is 23.1 Å². The van der Waals surface area contributed by atoms with Crippen LogP contribution in [0.4, 0.5) is 5.69 Å². The van der Waals surface area contributed by atoms with Crippen molar-refractivity contribution in [3.05, 3.63) is 65.4 Å². The van der Waals surface area contributed by atoms with Gasteiger partial charge in [0.1, 0.15) is 11.8 Å². The zero-order valence-electron chi connectivity index (χ0n) is 18.4. The highest BCUT2D eigenvalue weighted by molar-refractivity contribution is 6.21. The van der Waals surface area contributed by atoms with Crippen molar-refractivity contribution in [2.75, 3.05) is 13.1 Å². The Morgan fingerprint density at radius 1 is 1.23 bits per heavy atom. The number of benzene rings is 1. The van der Waals surface area contributed by atoms with Crippen molar-refractivity contribution < 1.29 is 4.79 Å².